The van der Waals surface area contributed by atoms with E-state index in [1.165, 1.54) is 0 Å². The molecule has 1 aromatic rings. The molecule has 1 amide bonds. The second-order valence-electron chi connectivity index (χ2n) is 6.47. The third-order valence-electron chi connectivity index (χ3n) is 3.24. The average Bonchev–Trinajstić information content (AvgIpc) is 2.75. The van der Waals surface area contributed by atoms with Crippen molar-refractivity contribution < 1.29 is 9.53 Å². The number of nitrogens with zero attached hydrogens (tertiary/aromatic N) is 1. The van der Waals surface area contributed by atoms with E-state index >= 15 is 0 Å². The van der Waals surface area contributed by atoms with Crippen molar-refractivity contribution in [2.75, 3.05) is 10.6 Å². The van der Waals surface area contributed by atoms with E-state index in [9.17, 15) is 4.79 Å². The number of ether oxygens (including phenoxy) is 1. The third-order valence-corrected chi connectivity index (χ3v) is 3.24. The summed E-state index contributed by atoms with van der Waals surface area (Å²) in [6.45, 7) is 5.46. The fraction of sp³-hybridized carbons (Fsp3) is 0.600. The van der Waals surface area contributed by atoms with E-state index in [0.29, 0.717) is 17.9 Å². The zero-order valence-corrected chi connectivity index (χ0v) is 12.8. The van der Waals surface area contributed by atoms with Gasteiger partial charge in [0.25, 0.3) is 0 Å². The first-order chi connectivity index (χ1) is 9.82. The molecule has 1 aliphatic rings. The van der Waals surface area contributed by atoms with Crippen molar-refractivity contribution in [2.45, 2.75) is 57.7 Å². The Kier molecular flexibility index (Phi) is 4.67. The Morgan fingerprint density at radius 2 is 2.14 bits per heavy atom. The van der Waals surface area contributed by atoms with Gasteiger partial charge in [-0.3, -0.25) is 5.32 Å². The van der Waals surface area contributed by atoms with Crippen LogP contribution in [0.25, 0.3) is 0 Å². The van der Waals surface area contributed by atoms with Gasteiger partial charge in [0.05, 0.1) is 11.9 Å². The van der Waals surface area contributed by atoms with E-state index in [0.717, 1.165) is 24.9 Å². The molecular weight excluding hydrogens is 268 g/mol. The van der Waals surface area contributed by atoms with Gasteiger partial charge < -0.3 is 15.8 Å². The Bertz CT molecular complexity index is 481. The van der Waals surface area contributed by atoms with Crippen LogP contribution in [0.1, 0.15) is 40.0 Å². The zero-order valence-electron chi connectivity index (χ0n) is 12.8. The average molecular weight is 292 g/mol. The fourth-order valence-electron chi connectivity index (χ4n) is 2.34. The molecule has 116 valence electrons. The Hall–Kier alpha value is -1.82. The second kappa shape index (κ2) is 6.30. The van der Waals surface area contributed by atoms with Crippen molar-refractivity contribution in [1.29, 1.82) is 0 Å². The maximum absolute atomic E-state index is 11.6. The first-order valence-electron chi connectivity index (χ1n) is 7.30. The van der Waals surface area contributed by atoms with Crippen LogP contribution < -0.4 is 16.4 Å². The Labute approximate surface area is 125 Å². The number of hydrogen-bond donors (Lipinski definition) is 3. The molecule has 2 atom stereocenters. The highest BCUT2D eigenvalue weighted by atomic mass is 16.6. The number of hydrogen-bond acceptors (Lipinski definition) is 5. The molecule has 6 nitrogen and oxygen atoms in total. The largest absolute Gasteiger partial charge is 0.444 e. The van der Waals surface area contributed by atoms with Crippen LogP contribution in [-0.4, -0.2) is 28.8 Å². The molecule has 1 saturated carbocycles. The smallest absolute Gasteiger partial charge is 0.413 e. The number of rotatable bonds is 3. The van der Waals surface area contributed by atoms with Gasteiger partial charge in [-0.05, 0) is 52.2 Å². The summed E-state index contributed by atoms with van der Waals surface area (Å²) in [5.41, 5.74) is 6.30. The van der Waals surface area contributed by atoms with Crippen LogP contribution in [0.15, 0.2) is 18.3 Å². The SMILES string of the molecule is CC(C)(C)OC(=O)Nc1ccc(NC2CCC(N)C2)cn1. The summed E-state index contributed by atoms with van der Waals surface area (Å²) < 4.78 is 5.17. The van der Waals surface area contributed by atoms with Crippen molar-refractivity contribution >= 4 is 17.6 Å². The molecule has 1 heterocycles. The fourth-order valence-corrected chi connectivity index (χ4v) is 2.34. The summed E-state index contributed by atoms with van der Waals surface area (Å²) in [7, 11) is 0. The Morgan fingerprint density at radius 3 is 2.67 bits per heavy atom. The normalized spacial score (nSPS) is 21.9. The molecule has 0 saturated heterocycles. The standard InChI is InChI=1S/C15H24N4O2/c1-15(2,3)21-14(20)19-13-7-6-12(9-17-13)18-11-5-4-10(16)8-11/h6-7,9-11,18H,4-5,8,16H2,1-3H3,(H,17,19,20). The van der Waals surface area contributed by atoms with Crippen LogP contribution in [0, 0.1) is 0 Å². The number of anilines is 2. The molecule has 0 spiro atoms. The van der Waals surface area contributed by atoms with Gasteiger partial charge in [0.2, 0.25) is 0 Å². The molecule has 4 N–H and O–H groups in total. The molecule has 2 rings (SSSR count). The lowest BCUT2D eigenvalue weighted by Gasteiger charge is -2.19. The zero-order chi connectivity index (χ0) is 15.5. The van der Waals surface area contributed by atoms with Gasteiger partial charge in [-0.1, -0.05) is 0 Å². The molecular formula is C15H24N4O2. The number of pyridine rings is 1. The van der Waals surface area contributed by atoms with Gasteiger partial charge in [-0.25, -0.2) is 9.78 Å². The lowest BCUT2D eigenvalue weighted by molar-refractivity contribution is 0.0635. The summed E-state index contributed by atoms with van der Waals surface area (Å²) >= 11 is 0. The van der Waals surface area contributed by atoms with Crippen LogP contribution in [0.4, 0.5) is 16.3 Å². The lowest BCUT2D eigenvalue weighted by atomic mass is 10.2. The number of nitrogens with one attached hydrogen (secondary N) is 2. The quantitative estimate of drug-likeness (QED) is 0.797. The summed E-state index contributed by atoms with van der Waals surface area (Å²) in [6, 6.07) is 4.35. The van der Waals surface area contributed by atoms with Crippen LogP contribution >= 0.6 is 0 Å². The monoisotopic (exact) mass is 292 g/mol. The Morgan fingerprint density at radius 1 is 1.38 bits per heavy atom. The van der Waals surface area contributed by atoms with Crippen molar-refractivity contribution in [3.8, 4) is 0 Å². The lowest BCUT2D eigenvalue weighted by Crippen LogP contribution is -2.27. The van der Waals surface area contributed by atoms with Crippen LogP contribution in [0.2, 0.25) is 0 Å². The van der Waals surface area contributed by atoms with Gasteiger partial charge in [0.15, 0.2) is 0 Å². The first kappa shape index (κ1) is 15.6. The summed E-state index contributed by atoms with van der Waals surface area (Å²) in [4.78, 5) is 15.8. The van der Waals surface area contributed by atoms with Crippen molar-refractivity contribution in [3.63, 3.8) is 0 Å². The molecule has 0 radical (unpaired) electrons. The number of carbonyl (C=O) groups is 1. The number of carbonyl (C=O) groups excluding carboxylic acids is 1. The molecule has 21 heavy (non-hydrogen) atoms. The maximum Gasteiger partial charge on any atom is 0.413 e. The minimum absolute atomic E-state index is 0.295. The first-order valence-corrected chi connectivity index (χ1v) is 7.30. The summed E-state index contributed by atoms with van der Waals surface area (Å²) in [5.74, 6) is 0.470. The van der Waals surface area contributed by atoms with Crippen molar-refractivity contribution in [2.24, 2.45) is 5.73 Å². The van der Waals surface area contributed by atoms with E-state index < -0.39 is 11.7 Å². The number of aromatic nitrogens is 1. The molecule has 1 aliphatic carbocycles. The molecule has 0 aromatic carbocycles. The predicted molar refractivity (Wildman–Crippen MR) is 83.3 cm³/mol. The van der Waals surface area contributed by atoms with Gasteiger partial charge in [0.1, 0.15) is 11.4 Å². The molecule has 0 aliphatic heterocycles. The molecule has 0 bridgehead atoms. The summed E-state index contributed by atoms with van der Waals surface area (Å²) in [6.07, 6.45) is 4.33. The number of nitrogens with two attached hydrogens (primary N) is 1. The highest BCUT2D eigenvalue weighted by Crippen LogP contribution is 2.22. The van der Waals surface area contributed by atoms with E-state index in [2.05, 4.69) is 15.6 Å². The molecule has 2 unspecified atom stereocenters. The highest BCUT2D eigenvalue weighted by Gasteiger charge is 2.21. The summed E-state index contributed by atoms with van der Waals surface area (Å²) in [5, 5.41) is 6.01. The maximum atomic E-state index is 11.6. The van der Waals surface area contributed by atoms with E-state index in [1.54, 1.807) is 12.3 Å². The van der Waals surface area contributed by atoms with Crippen molar-refractivity contribution in [3.05, 3.63) is 18.3 Å². The highest BCUT2D eigenvalue weighted by molar-refractivity contribution is 5.83. The van der Waals surface area contributed by atoms with Gasteiger partial charge >= 0.3 is 6.09 Å². The van der Waals surface area contributed by atoms with Crippen LogP contribution in [0.5, 0.6) is 0 Å². The van der Waals surface area contributed by atoms with Gasteiger partial charge in [0, 0.05) is 12.1 Å². The van der Waals surface area contributed by atoms with Crippen LogP contribution in [-0.2, 0) is 4.74 Å². The van der Waals surface area contributed by atoms with E-state index in [4.69, 9.17) is 10.5 Å². The van der Waals surface area contributed by atoms with Crippen LogP contribution in [0.3, 0.4) is 0 Å². The van der Waals surface area contributed by atoms with Crippen molar-refractivity contribution in [1.82, 2.24) is 4.98 Å². The predicted octanol–water partition coefficient (Wildman–Crippen LogP) is 2.72. The number of amides is 1. The minimum Gasteiger partial charge on any atom is -0.444 e. The molecule has 1 fully saturated rings. The molecule has 6 heteroatoms. The van der Waals surface area contributed by atoms with Gasteiger partial charge in [-0.2, -0.15) is 0 Å². The van der Waals surface area contributed by atoms with Gasteiger partial charge in [-0.15, -0.1) is 0 Å². The minimum atomic E-state index is -0.521. The third kappa shape index (κ3) is 5.23. The second-order valence-corrected chi connectivity index (χ2v) is 6.47. The van der Waals surface area contributed by atoms with E-state index in [1.807, 2.05) is 26.8 Å². The molecule has 1 aromatic heterocycles. The Balaban J connectivity index is 1.85. The van der Waals surface area contributed by atoms with E-state index in [-0.39, 0.29) is 0 Å². The topological polar surface area (TPSA) is 89.3 Å².